The molecule has 1 saturated heterocycles. The van der Waals surface area contributed by atoms with E-state index in [1.165, 1.54) is 11.3 Å². The second-order valence-corrected chi connectivity index (χ2v) is 7.44. The Hall–Kier alpha value is -1.36. The summed E-state index contributed by atoms with van der Waals surface area (Å²) in [5.41, 5.74) is 0.0221. The van der Waals surface area contributed by atoms with Gasteiger partial charge in [-0.3, -0.25) is 9.59 Å². The van der Waals surface area contributed by atoms with E-state index in [1.807, 2.05) is 36.5 Å². The Morgan fingerprint density at radius 2 is 2.19 bits per heavy atom. The van der Waals surface area contributed by atoms with Crippen LogP contribution in [0.3, 0.4) is 0 Å². The second-order valence-electron chi connectivity index (χ2n) is 6.49. The van der Waals surface area contributed by atoms with Gasteiger partial charge in [-0.15, -0.1) is 11.3 Å². The van der Waals surface area contributed by atoms with E-state index in [4.69, 9.17) is 0 Å². The zero-order chi connectivity index (χ0) is 15.0. The summed E-state index contributed by atoms with van der Waals surface area (Å²) in [5, 5.41) is 1.94. The first-order valence-corrected chi connectivity index (χ1v) is 8.45. The molecule has 21 heavy (non-hydrogen) atoms. The fourth-order valence-corrected chi connectivity index (χ4v) is 4.64. The van der Waals surface area contributed by atoms with Crippen LogP contribution in [0.15, 0.2) is 17.5 Å². The van der Waals surface area contributed by atoms with E-state index in [0.29, 0.717) is 0 Å². The van der Waals surface area contributed by atoms with Crippen LogP contribution in [0.25, 0.3) is 0 Å². The Morgan fingerprint density at radius 3 is 2.86 bits per heavy atom. The van der Waals surface area contributed by atoms with Crippen LogP contribution in [0.1, 0.15) is 35.4 Å². The maximum Gasteiger partial charge on any atom is 0.263 e. The van der Waals surface area contributed by atoms with Crippen molar-refractivity contribution in [1.82, 2.24) is 9.80 Å². The minimum Gasteiger partial charge on any atom is -0.349 e. The molecular formula is C16H22N2O2S. The number of amides is 2. The minimum absolute atomic E-state index is 0.0221. The van der Waals surface area contributed by atoms with E-state index in [1.54, 1.807) is 4.90 Å². The summed E-state index contributed by atoms with van der Waals surface area (Å²) in [6, 6.07) is 3.80. The Morgan fingerprint density at radius 1 is 1.38 bits per heavy atom. The maximum absolute atomic E-state index is 12.5. The highest BCUT2D eigenvalue weighted by Crippen LogP contribution is 2.50. The number of hydrogen-bond donors (Lipinski definition) is 0. The van der Waals surface area contributed by atoms with Crippen LogP contribution in [-0.2, 0) is 4.79 Å². The molecule has 1 saturated carbocycles. The summed E-state index contributed by atoms with van der Waals surface area (Å²) in [7, 11) is 3.66. The summed E-state index contributed by atoms with van der Waals surface area (Å²) in [6.45, 7) is 1.53. The number of carbonyl (C=O) groups is 2. The molecule has 5 heteroatoms. The van der Waals surface area contributed by atoms with Crippen LogP contribution in [0.2, 0.25) is 0 Å². The van der Waals surface area contributed by atoms with Gasteiger partial charge in [-0.2, -0.15) is 0 Å². The molecular weight excluding hydrogens is 284 g/mol. The van der Waals surface area contributed by atoms with Gasteiger partial charge in [0.15, 0.2) is 0 Å². The lowest BCUT2D eigenvalue weighted by atomic mass is 9.76. The summed E-state index contributed by atoms with van der Waals surface area (Å²) in [6.07, 6.45) is 4.11. The monoisotopic (exact) mass is 306 g/mol. The Labute approximate surface area is 129 Å². The highest BCUT2D eigenvalue weighted by molar-refractivity contribution is 7.12. The summed E-state index contributed by atoms with van der Waals surface area (Å²) >= 11 is 1.49. The molecule has 1 spiro atoms. The average molecular weight is 306 g/mol. The van der Waals surface area contributed by atoms with Crippen LogP contribution in [-0.4, -0.2) is 48.8 Å². The molecule has 2 aliphatic rings. The molecule has 2 atom stereocenters. The molecule has 2 unspecified atom stereocenters. The number of likely N-dealkylation sites (tertiary alicyclic amines) is 1. The summed E-state index contributed by atoms with van der Waals surface area (Å²) in [4.78, 5) is 29.4. The molecule has 1 aromatic rings. The molecule has 0 aromatic carbocycles. The molecule has 1 aliphatic carbocycles. The maximum atomic E-state index is 12.5. The first-order chi connectivity index (χ1) is 10.0. The number of rotatable bonds is 2. The lowest BCUT2D eigenvalue weighted by molar-refractivity contribution is -0.136. The van der Waals surface area contributed by atoms with Crippen LogP contribution in [0.5, 0.6) is 0 Å². The van der Waals surface area contributed by atoms with E-state index in [9.17, 15) is 9.59 Å². The largest absolute Gasteiger partial charge is 0.349 e. The van der Waals surface area contributed by atoms with Gasteiger partial charge in [-0.05, 0) is 30.7 Å². The number of nitrogens with zero attached hydrogens (tertiary/aromatic N) is 2. The van der Waals surface area contributed by atoms with Gasteiger partial charge < -0.3 is 9.80 Å². The van der Waals surface area contributed by atoms with Crippen LogP contribution in [0, 0.1) is 11.3 Å². The number of thiophene rings is 1. The fourth-order valence-electron chi connectivity index (χ4n) is 3.95. The standard InChI is InChI=1S/C16H22N2O2S/c1-17(2)14(19)12-5-3-7-16(12)8-9-18(11-16)15(20)13-6-4-10-21-13/h4,6,10,12H,3,5,7-9,11H2,1-2H3. The van der Waals surface area contributed by atoms with Crippen molar-refractivity contribution in [2.45, 2.75) is 25.7 Å². The molecule has 0 radical (unpaired) electrons. The molecule has 4 nitrogen and oxygen atoms in total. The highest BCUT2D eigenvalue weighted by atomic mass is 32.1. The zero-order valence-corrected chi connectivity index (χ0v) is 13.5. The van der Waals surface area contributed by atoms with Gasteiger partial charge in [-0.25, -0.2) is 0 Å². The Balaban J connectivity index is 1.76. The summed E-state index contributed by atoms with van der Waals surface area (Å²) < 4.78 is 0. The predicted molar refractivity (Wildman–Crippen MR) is 83.3 cm³/mol. The van der Waals surface area contributed by atoms with Crippen LogP contribution >= 0.6 is 11.3 Å². The molecule has 1 aromatic heterocycles. The quantitative estimate of drug-likeness (QED) is 0.842. The van der Waals surface area contributed by atoms with E-state index >= 15 is 0 Å². The van der Waals surface area contributed by atoms with E-state index in [-0.39, 0.29) is 23.1 Å². The van der Waals surface area contributed by atoms with E-state index < -0.39 is 0 Å². The normalized spacial score (nSPS) is 28.3. The molecule has 2 amide bonds. The first-order valence-electron chi connectivity index (χ1n) is 7.57. The van der Waals surface area contributed by atoms with Crippen LogP contribution < -0.4 is 0 Å². The van der Waals surface area contributed by atoms with Crippen molar-refractivity contribution < 1.29 is 9.59 Å². The third kappa shape index (κ3) is 2.48. The van der Waals surface area contributed by atoms with Crippen molar-refractivity contribution in [2.75, 3.05) is 27.2 Å². The smallest absolute Gasteiger partial charge is 0.263 e. The Bertz CT molecular complexity index is 540. The number of hydrogen-bond acceptors (Lipinski definition) is 3. The van der Waals surface area contributed by atoms with Gasteiger partial charge in [-0.1, -0.05) is 12.5 Å². The van der Waals surface area contributed by atoms with E-state index in [0.717, 1.165) is 43.6 Å². The summed E-state index contributed by atoms with van der Waals surface area (Å²) in [5.74, 6) is 0.455. The van der Waals surface area contributed by atoms with Crippen molar-refractivity contribution in [3.8, 4) is 0 Å². The lowest BCUT2D eigenvalue weighted by Gasteiger charge is -2.32. The van der Waals surface area contributed by atoms with Crippen molar-refractivity contribution in [3.05, 3.63) is 22.4 Å². The molecule has 3 rings (SSSR count). The molecule has 2 heterocycles. The van der Waals surface area contributed by atoms with Gasteiger partial charge in [0.1, 0.15) is 0 Å². The van der Waals surface area contributed by atoms with Gasteiger partial charge in [0, 0.05) is 38.5 Å². The third-order valence-corrected chi connectivity index (χ3v) is 5.91. The third-order valence-electron chi connectivity index (χ3n) is 5.05. The second kappa shape index (κ2) is 5.44. The van der Waals surface area contributed by atoms with Crippen LogP contribution in [0.4, 0.5) is 0 Å². The zero-order valence-electron chi connectivity index (χ0n) is 12.7. The first kappa shape index (κ1) is 14.6. The van der Waals surface area contributed by atoms with Gasteiger partial charge in [0.25, 0.3) is 5.91 Å². The number of carbonyl (C=O) groups excluding carboxylic acids is 2. The molecule has 0 bridgehead atoms. The molecule has 114 valence electrons. The van der Waals surface area contributed by atoms with E-state index in [2.05, 4.69) is 0 Å². The highest BCUT2D eigenvalue weighted by Gasteiger charge is 2.51. The van der Waals surface area contributed by atoms with Gasteiger partial charge >= 0.3 is 0 Å². The molecule has 2 fully saturated rings. The minimum atomic E-state index is 0.0221. The van der Waals surface area contributed by atoms with Gasteiger partial charge in [0.2, 0.25) is 5.91 Å². The van der Waals surface area contributed by atoms with Gasteiger partial charge in [0.05, 0.1) is 4.88 Å². The molecule has 0 N–H and O–H groups in total. The predicted octanol–water partition coefficient (Wildman–Crippen LogP) is 2.47. The van der Waals surface area contributed by atoms with Crippen molar-refractivity contribution in [2.24, 2.45) is 11.3 Å². The average Bonchev–Trinajstić information content (AvgIpc) is 3.19. The van der Waals surface area contributed by atoms with Crippen molar-refractivity contribution >= 4 is 23.2 Å². The van der Waals surface area contributed by atoms with Crippen molar-refractivity contribution in [1.29, 1.82) is 0 Å². The van der Waals surface area contributed by atoms with Crippen molar-refractivity contribution in [3.63, 3.8) is 0 Å². The molecule has 1 aliphatic heterocycles. The Kier molecular flexibility index (Phi) is 3.78. The SMILES string of the molecule is CN(C)C(=O)C1CCCC12CCN(C(=O)c1cccs1)C2. The lowest BCUT2D eigenvalue weighted by Crippen LogP contribution is -2.40. The topological polar surface area (TPSA) is 40.6 Å². The fraction of sp³-hybridized carbons (Fsp3) is 0.625.